The summed E-state index contributed by atoms with van der Waals surface area (Å²) in [4.78, 5) is 0. The molecule has 14 heavy (non-hydrogen) atoms. The van der Waals surface area contributed by atoms with Gasteiger partial charge in [-0.3, -0.25) is 0 Å². The Balaban J connectivity index is 2.50. The third-order valence-corrected chi connectivity index (χ3v) is 3.27. The van der Waals surface area contributed by atoms with Gasteiger partial charge in [-0.2, -0.15) is 0 Å². The Bertz CT molecular complexity index is 408. The van der Waals surface area contributed by atoms with Gasteiger partial charge in [0.2, 0.25) is 0 Å². The lowest BCUT2D eigenvalue weighted by Crippen LogP contribution is -1.93. The Morgan fingerprint density at radius 2 is 2.14 bits per heavy atom. The summed E-state index contributed by atoms with van der Waals surface area (Å²) in [5, 5.41) is 8.00. The van der Waals surface area contributed by atoms with Crippen LogP contribution in [-0.2, 0) is 4.74 Å². The van der Waals surface area contributed by atoms with Crippen LogP contribution in [-0.4, -0.2) is 16.8 Å². The molecule has 0 aliphatic carbocycles. The molecule has 1 aliphatic heterocycles. The fourth-order valence-corrected chi connectivity index (χ4v) is 2.16. The molecule has 0 unspecified atom stereocenters. The zero-order valence-electron chi connectivity index (χ0n) is 6.93. The van der Waals surface area contributed by atoms with Crippen molar-refractivity contribution in [2.75, 3.05) is 6.61 Å². The summed E-state index contributed by atoms with van der Waals surface area (Å²) in [6.07, 6.45) is 0.909. The minimum atomic E-state index is 0.316. The van der Waals surface area contributed by atoms with Gasteiger partial charge in [0.1, 0.15) is 5.76 Å². The van der Waals surface area contributed by atoms with E-state index in [1.807, 2.05) is 0 Å². The van der Waals surface area contributed by atoms with E-state index in [9.17, 15) is 0 Å². The molecule has 0 spiro atoms. The molecule has 1 aliphatic rings. The predicted molar refractivity (Wildman–Crippen MR) is 63.6 cm³/mol. The number of halogens is 3. The van der Waals surface area contributed by atoms with Crippen molar-refractivity contribution in [2.45, 2.75) is 6.42 Å². The molecule has 0 fully saturated rings. The van der Waals surface area contributed by atoms with Crippen molar-refractivity contribution in [3.63, 3.8) is 0 Å². The van der Waals surface area contributed by atoms with Gasteiger partial charge in [-0.1, -0.05) is 23.2 Å². The zero-order valence-corrected chi connectivity index (χ0v) is 10.6. The van der Waals surface area contributed by atoms with Crippen LogP contribution in [0.25, 0.3) is 5.76 Å². The molecule has 0 aromatic carbocycles. The van der Waals surface area contributed by atoms with Crippen molar-refractivity contribution in [3.05, 3.63) is 25.5 Å². The summed E-state index contributed by atoms with van der Waals surface area (Å²) in [5.74, 6) is 0.771. The minimum absolute atomic E-state index is 0.316. The molecule has 0 bridgehead atoms. The Labute approximate surface area is 105 Å². The molecule has 2 heterocycles. The van der Waals surface area contributed by atoms with Gasteiger partial charge in [-0.15, -0.1) is 10.2 Å². The lowest BCUT2D eigenvalue weighted by atomic mass is 10.2. The fraction of sp³-hybridized carbons (Fsp3) is 0.250. The van der Waals surface area contributed by atoms with Crippen molar-refractivity contribution >= 4 is 51.6 Å². The molecule has 0 saturated carbocycles. The Hall–Kier alpha value is -0.0700. The molecule has 1 aromatic rings. The number of ether oxygens (including phenoxy) is 1. The third-order valence-electron chi connectivity index (χ3n) is 1.78. The number of nitrogens with zero attached hydrogens (tertiary/aromatic N) is 2. The van der Waals surface area contributed by atoms with Crippen LogP contribution in [0.2, 0.25) is 10.3 Å². The van der Waals surface area contributed by atoms with Crippen LogP contribution in [0.4, 0.5) is 0 Å². The van der Waals surface area contributed by atoms with E-state index >= 15 is 0 Å². The van der Waals surface area contributed by atoms with Crippen LogP contribution < -0.4 is 0 Å². The maximum Gasteiger partial charge on any atom is 0.162 e. The van der Waals surface area contributed by atoms with Crippen LogP contribution in [0, 0.1) is 0 Å². The summed E-state index contributed by atoms with van der Waals surface area (Å²) >= 11 is 13.9. The van der Waals surface area contributed by atoms with Crippen molar-refractivity contribution in [2.24, 2.45) is 0 Å². The van der Waals surface area contributed by atoms with E-state index in [4.69, 9.17) is 27.9 Å². The van der Waals surface area contributed by atoms with Crippen molar-refractivity contribution < 1.29 is 4.74 Å². The molecule has 0 radical (unpaired) electrons. The first-order valence-corrected chi connectivity index (χ1v) is 5.72. The normalized spacial score (nSPS) is 15.9. The highest BCUT2D eigenvalue weighted by atomic mass is 127. The highest BCUT2D eigenvalue weighted by Crippen LogP contribution is 2.35. The SMILES string of the molecule is Clc1cc(C2=C(I)CCO2)c(Cl)nn1. The Kier molecular flexibility index (Phi) is 3.14. The summed E-state index contributed by atoms with van der Waals surface area (Å²) in [6.45, 7) is 0.684. The first-order chi connectivity index (χ1) is 6.68. The standard InChI is InChI=1S/C8H5Cl2IN2O/c9-6-3-4(8(10)13-12-6)7-5(11)1-2-14-7/h3H,1-2H2. The van der Waals surface area contributed by atoms with Gasteiger partial charge < -0.3 is 4.74 Å². The van der Waals surface area contributed by atoms with E-state index in [0.29, 0.717) is 22.5 Å². The number of aromatic nitrogens is 2. The quantitative estimate of drug-likeness (QED) is 0.734. The van der Waals surface area contributed by atoms with Gasteiger partial charge in [0, 0.05) is 10.0 Å². The van der Waals surface area contributed by atoms with Gasteiger partial charge in [0.25, 0.3) is 0 Å². The monoisotopic (exact) mass is 342 g/mol. The van der Waals surface area contributed by atoms with Gasteiger partial charge >= 0.3 is 0 Å². The van der Waals surface area contributed by atoms with Crippen LogP contribution >= 0.6 is 45.8 Å². The van der Waals surface area contributed by atoms with Crippen molar-refractivity contribution in [1.82, 2.24) is 10.2 Å². The Morgan fingerprint density at radius 1 is 1.36 bits per heavy atom. The molecule has 1 aromatic heterocycles. The van der Waals surface area contributed by atoms with Crippen LogP contribution in [0.3, 0.4) is 0 Å². The molecule has 0 amide bonds. The van der Waals surface area contributed by atoms with Gasteiger partial charge in [0.05, 0.1) is 12.2 Å². The van der Waals surface area contributed by atoms with Crippen molar-refractivity contribution in [1.29, 1.82) is 0 Å². The van der Waals surface area contributed by atoms with E-state index in [2.05, 4.69) is 32.8 Å². The van der Waals surface area contributed by atoms with E-state index in [0.717, 1.165) is 15.8 Å². The summed E-state index contributed by atoms with van der Waals surface area (Å²) in [7, 11) is 0. The lowest BCUT2D eigenvalue weighted by molar-refractivity contribution is 0.307. The van der Waals surface area contributed by atoms with Gasteiger partial charge in [-0.25, -0.2) is 0 Å². The van der Waals surface area contributed by atoms with E-state index in [-0.39, 0.29) is 0 Å². The fourth-order valence-electron chi connectivity index (χ4n) is 1.17. The summed E-state index contributed by atoms with van der Waals surface area (Å²) in [5.41, 5.74) is 0.716. The third kappa shape index (κ3) is 1.97. The number of hydrogen-bond donors (Lipinski definition) is 0. The van der Waals surface area contributed by atoms with Crippen LogP contribution in [0.5, 0.6) is 0 Å². The maximum absolute atomic E-state index is 5.89. The smallest absolute Gasteiger partial charge is 0.162 e. The molecule has 2 rings (SSSR count). The molecule has 6 heteroatoms. The van der Waals surface area contributed by atoms with Gasteiger partial charge in [-0.05, 0) is 28.7 Å². The Morgan fingerprint density at radius 3 is 2.79 bits per heavy atom. The second-order valence-corrected chi connectivity index (χ2v) is 4.75. The second-order valence-electron chi connectivity index (χ2n) is 2.70. The first-order valence-electron chi connectivity index (χ1n) is 3.89. The molecule has 0 saturated heterocycles. The minimum Gasteiger partial charge on any atom is -0.492 e. The van der Waals surface area contributed by atoms with E-state index in [1.54, 1.807) is 6.07 Å². The highest BCUT2D eigenvalue weighted by molar-refractivity contribution is 14.1. The van der Waals surface area contributed by atoms with Crippen molar-refractivity contribution in [3.8, 4) is 0 Å². The van der Waals surface area contributed by atoms with Crippen LogP contribution in [0.15, 0.2) is 9.65 Å². The highest BCUT2D eigenvalue weighted by Gasteiger charge is 2.19. The van der Waals surface area contributed by atoms with Gasteiger partial charge in [0.15, 0.2) is 10.3 Å². The molecular weight excluding hydrogens is 338 g/mol. The number of hydrogen-bond acceptors (Lipinski definition) is 3. The first kappa shape index (κ1) is 10.4. The zero-order chi connectivity index (χ0) is 10.1. The van der Waals surface area contributed by atoms with E-state index in [1.165, 1.54) is 0 Å². The van der Waals surface area contributed by atoms with E-state index < -0.39 is 0 Å². The van der Waals surface area contributed by atoms with Crippen LogP contribution in [0.1, 0.15) is 12.0 Å². The molecular formula is C8H5Cl2IN2O. The molecule has 0 atom stereocenters. The number of rotatable bonds is 1. The molecule has 0 N–H and O–H groups in total. The lowest BCUT2D eigenvalue weighted by Gasteiger charge is -2.05. The second kappa shape index (κ2) is 4.20. The summed E-state index contributed by atoms with van der Waals surface area (Å²) < 4.78 is 6.58. The average molecular weight is 343 g/mol. The summed E-state index contributed by atoms with van der Waals surface area (Å²) in [6, 6.07) is 1.66. The maximum atomic E-state index is 5.89. The molecule has 74 valence electrons. The largest absolute Gasteiger partial charge is 0.492 e. The predicted octanol–water partition coefficient (Wildman–Crippen LogP) is 3.31. The topological polar surface area (TPSA) is 35.0 Å². The average Bonchev–Trinajstić information content (AvgIpc) is 2.56. The molecule has 3 nitrogen and oxygen atoms in total.